The molecule has 0 amide bonds. The highest BCUT2D eigenvalue weighted by Gasteiger charge is 2.07. The van der Waals surface area contributed by atoms with Crippen LogP contribution in [0.4, 0.5) is 20.2 Å². The molecule has 1 heterocycles. The summed E-state index contributed by atoms with van der Waals surface area (Å²) in [4.78, 5) is 4.30. The van der Waals surface area contributed by atoms with Crippen molar-refractivity contribution in [2.75, 3.05) is 5.32 Å². The van der Waals surface area contributed by atoms with Crippen molar-refractivity contribution in [2.24, 2.45) is 0 Å². The lowest BCUT2D eigenvalue weighted by Crippen LogP contribution is -1.96. The lowest BCUT2D eigenvalue weighted by molar-refractivity contribution is 0.586. The lowest BCUT2D eigenvalue weighted by Gasteiger charge is -2.11. The van der Waals surface area contributed by atoms with Crippen LogP contribution in [-0.4, -0.2) is 4.98 Å². The Labute approximate surface area is 121 Å². The van der Waals surface area contributed by atoms with Gasteiger partial charge in [0.25, 0.3) is 0 Å². The highest BCUT2D eigenvalue weighted by molar-refractivity contribution is 5.93. The quantitative estimate of drug-likeness (QED) is 0.746. The Hall–Kier alpha value is -2.49. The second-order valence-electron chi connectivity index (χ2n) is 4.81. The predicted octanol–water partition coefficient (Wildman–Crippen LogP) is 4.82. The van der Waals surface area contributed by atoms with Crippen LogP contribution in [-0.2, 0) is 6.42 Å². The molecule has 0 bridgehead atoms. The van der Waals surface area contributed by atoms with Crippen LogP contribution in [0.25, 0.3) is 10.9 Å². The monoisotopic (exact) mass is 284 g/mol. The molecule has 1 aromatic heterocycles. The molecular formula is C17H14F2N2. The molecule has 0 aliphatic rings. The Bertz CT molecular complexity index is 800. The zero-order valence-electron chi connectivity index (χ0n) is 11.5. The van der Waals surface area contributed by atoms with Crippen molar-refractivity contribution in [3.8, 4) is 0 Å². The van der Waals surface area contributed by atoms with Crippen molar-refractivity contribution >= 4 is 22.3 Å². The summed E-state index contributed by atoms with van der Waals surface area (Å²) in [6.45, 7) is 2.07. The maximum atomic E-state index is 13.8. The van der Waals surface area contributed by atoms with Gasteiger partial charge in [-0.1, -0.05) is 13.0 Å². The average Bonchev–Trinajstić information content (AvgIpc) is 2.50. The number of halogens is 2. The van der Waals surface area contributed by atoms with E-state index in [0.29, 0.717) is 0 Å². The summed E-state index contributed by atoms with van der Waals surface area (Å²) >= 11 is 0. The molecule has 0 spiro atoms. The SMILES string of the molecule is CCc1ccc2nccc(Nc3ccc(F)cc3F)c2c1. The number of nitrogens with one attached hydrogen (secondary N) is 1. The van der Waals surface area contributed by atoms with Crippen LogP contribution in [0.2, 0.25) is 0 Å². The van der Waals surface area contributed by atoms with Crippen molar-refractivity contribution < 1.29 is 8.78 Å². The van der Waals surface area contributed by atoms with Gasteiger partial charge in [0.2, 0.25) is 0 Å². The first-order valence-electron chi connectivity index (χ1n) is 6.77. The molecule has 2 nitrogen and oxygen atoms in total. The van der Waals surface area contributed by atoms with Gasteiger partial charge in [0, 0.05) is 23.3 Å². The molecular weight excluding hydrogens is 270 g/mol. The first-order chi connectivity index (χ1) is 10.2. The predicted molar refractivity (Wildman–Crippen MR) is 80.8 cm³/mol. The summed E-state index contributed by atoms with van der Waals surface area (Å²) in [6, 6.07) is 11.3. The fraction of sp³-hybridized carbons (Fsp3) is 0.118. The molecule has 2 aromatic carbocycles. The van der Waals surface area contributed by atoms with Gasteiger partial charge in [-0.15, -0.1) is 0 Å². The van der Waals surface area contributed by atoms with Crippen molar-refractivity contribution in [2.45, 2.75) is 13.3 Å². The summed E-state index contributed by atoms with van der Waals surface area (Å²) in [5.41, 5.74) is 3.00. The van der Waals surface area contributed by atoms with E-state index in [9.17, 15) is 8.78 Å². The van der Waals surface area contributed by atoms with Gasteiger partial charge in [0.05, 0.1) is 11.2 Å². The first-order valence-corrected chi connectivity index (χ1v) is 6.77. The van der Waals surface area contributed by atoms with Crippen molar-refractivity contribution in [3.63, 3.8) is 0 Å². The summed E-state index contributed by atoms with van der Waals surface area (Å²) in [6.07, 6.45) is 2.58. The third kappa shape index (κ3) is 2.70. The number of rotatable bonds is 3. The van der Waals surface area contributed by atoms with Crippen LogP contribution in [0.1, 0.15) is 12.5 Å². The number of aromatic nitrogens is 1. The minimum absolute atomic E-state index is 0.241. The molecule has 21 heavy (non-hydrogen) atoms. The smallest absolute Gasteiger partial charge is 0.149 e. The second kappa shape index (κ2) is 5.48. The number of pyridine rings is 1. The van der Waals surface area contributed by atoms with E-state index in [2.05, 4.69) is 17.2 Å². The maximum Gasteiger partial charge on any atom is 0.149 e. The van der Waals surface area contributed by atoms with Gasteiger partial charge in [-0.3, -0.25) is 4.98 Å². The minimum atomic E-state index is -0.619. The Morgan fingerprint density at radius 3 is 2.62 bits per heavy atom. The van der Waals surface area contributed by atoms with Crippen LogP contribution < -0.4 is 5.32 Å². The van der Waals surface area contributed by atoms with Gasteiger partial charge < -0.3 is 5.32 Å². The standard InChI is InChI=1S/C17H14F2N2/c1-2-11-3-5-15-13(9-11)16(7-8-20-15)21-17-6-4-12(18)10-14(17)19/h3-10H,2H2,1H3,(H,20,21). The number of benzene rings is 2. The van der Waals surface area contributed by atoms with E-state index < -0.39 is 11.6 Å². The Morgan fingerprint density at radius 1 is 1.00 bits per heavy atom. The Morgan fingerprint density at radius 2 is 1.86 bits per heavy atom. The average molecular weight is 284 g/mol. The Kier molecular flexibility index (Phi) is 3.52. The van der Waals surface area contributed by atoms with Crippen molar-refractivity contribution in [1.82, 2.24) is 4.98 Å². The maximum absolute atomic E-state index is 13.8. The molecule has 0 fully saturated rings. The van der Waals surface area contributed by atoms with Crippen LogP contribution in [0.3, 0.4) is 0 Å². The van der Waals surface area contributed by atoms with Crippen LogP contribution in [0, 0.1) is 11.6 Å². The van der Waals surface area contributed by atoms with Crippen molar-refractivity contribution in [3.05, 3.63) is 65.9 Å². The fourth-order valence-corrected chi connectivity index (χ4v) is 2.26. The lowest BCUT2D eigenvalue weighted by atomic mass is 10.1. The minimum Gasteiger partial charge on any atom is -0.353 e. The second-order valence-corrected chi connectivity index (χ2v) is 4.81. The number of hydrogen-bond acceptors (Lipinski definition) is 2. The fourth-order valence-electron chi connectivity index (χ4n) is 2.26. The number of fused-ring (bicyclic) bond motifs is 1. The summed E-state index contributed by atoms with van der Waals surface area (Å²) < 4.78 is 26.7. The third-order valence-corrected chi connectivity index (χ3v) is 3.41. The van der Waals surface area contributed by atoms with E-state index in [1.54, 1.807) is 12.3 Å². The van der Waals surface area contributed by atoms with E-state index in [-0.39, 0.29) is 5.69 Å². The van der Waals surface area contributed by atoms with E-state index in [1.165, 1.54) is 17.7 Å². The normalized spacial score (nSPS) is 10.8. The molecule has 0 saturated carbocycles. The first kappa shape index (κ1) is 13.5. The largest absolute Gasteiger partial charge is 0.353 e. The molecule has 0 saturated heterocycles. The van der Waals surface area contributed by atoms with Gasteiger partial charge in [0.15, 0.2) is 0 Å². The van der Waals surface area contributed by atoms with Gasteiger partial charge in [-0.25, -0.2) is 8.78 Å². The number of nitrogens with zero attached hydrogens (tertiary/aromatic N) is 1. The van der Waals surface area contributed by atoms with Gasteiger partial charge in [-0.05, 0) is 42.3 Å². The molecule has 106 valence electrons. The molecule has 0 atom stereocenters. The van der Waals surface area contributed by atoms with Gasteiger partial charge in [-0.2, -0.15) is 0 Å². The van der Waals surface area contributed by atoms with Crippen LogP contribution in [0.5, 0.6) is 0 Å². The van der Waals surface area contributed by atoms with Gasteiger partial charge in [0.1, 0.15) is 11.6 Å². The summed E-state index contributed by atoms with van der Waals surface area (Å²) in [7, 11) is 0. The molecule has 1 N–H and O–H groups in total. The van der Waals surface area contributed by atoms with Crippen molar-refractivity contribution in [1.29, 1.82) is 0 Å². The molecule has 0 aliphatic carbocycles. The Balaban J connectivity index is 2.07. The van der Waals surface area contributed by atoms with Crippen LogP contribution in [0.15, 0.2) is 48.7 Å². The van der Waals surface area contributed by atoms with E-state index in [0.717, 1.165) is 29.1 Å². The zero-order chi connectivity index (χ0) is 14.8. The van der Waals surface area contributed by atoms with E-state index >= 15 is 0 Å². The molecule has 3 aromatic rings. The summed E-state index contributed by atoms with van der Waals surface area (Å²) in [5.74, 6) is -1.21. The van der Waals surface area contributed by atoms with Gasteiger partial charge >= 0.3 is 0 Å². The summed E-state index contributed by atoms with van der Waals surface area (Å²) in [5, 5.41) is 3.93. The molecule has 0 aliphatic heterocycles. The van der Waals surface area contributed by atoms with E-state index in [4.69, 9.17) is 0 Å². The number of hydrogen-bond donors (Lipinski definition) is 1. The number of anilines is 2. The molecule has 0 unspecified atom stereocenters. The zero-order valence-corrected chi connectivity index (χ0v) is 11.5. The number of aryl methyl sites for hydroxylation is 1. The highest BCUT2D eigenvalue weighted by atomic mass is 19.1. The molecule has 0 radical (unpaired) electrons. The highest BCUT2D eigenvalue weighted by Crippen LogP contribution is 2.27. The topological polar surface area (TPSA) is 24.9 Å². The molecule has 4 heteroatoms. The van der Waals surface area contributed by atoms with E-state index in [1.807, 2.05) is 18.2 Å². The third-order valence-electron chi connectivity index (χ3n) is 3.41. The molecule has 3 rings (SSSR count). The van der Waals surface area contributed by atoms with Crippen LogP contribution >= 0.6 is 0 Å².